The predicted octanol–water partition coefficient (Wildman–Crippen LogP) is 0.647. The molecule has 1 saturated heterocycles. The average molecular weight is 215 g/mol. The molecular formula is C13H17N3. The molecule has 1 aromatic rings. The van der Waals surface area contributed by atoms with E-state index >= 15 is 0 Å². The highest BCUT2D eigenvalue weighted by molar-refractivity contribution is 5.38. The van der Waals surface area contributed by atoms with Gasteiger partial charge in [0.15, 0.2) is 0 Å². The molecule has 16 heavy (non-hydrogen) atoms. The number of hydrogen-bond acceptors (Lipinski definition) is 3. The van der Waals surface area contributed by atoms with Crippen LogP contribution in [0.2, 0.25) is 0 Å². The standard InChI is InChI=1S/C13H17N3/c1-12-11-15-5-4-13(12)3-2-8-16-9-6-14-7-10-16/h4-5,11,14H,6-10H2,1H3. The van der Waals surface area contributed by atoms with E-state index in [1.807, 2.05) is 19.2 Å². The Morgan fingerprint density at radius 2 is 2.25 bits per heavy atom. The minimum absolute atomic E-state index is 0.865. The molecule has 1 aliphatic rings. The number of aryl methyl sites for hydroxylation is 1. The molecule has 1 aromatic heterocycles. The molecule has 0 spiro atoms. The van der Waals surface area contributed by atoms with Crippen molar-refractivity contribution in [2.24, 2.45) is 0 Å². The summed E-state index contributed by atoms with van der Waals surface area (Å²) in [6.45, 7) is 7.27. The highest BCUT2D eigenvalue weighted by atomic mass is 15.2. The van der Waals surface area contributed by atoms with Gasteiger partial charge in [0.05, 0.1) is 6.54 Å². The summed E-state index contributed by atoms with van der Waals surface area (Å²) in [5, 5.41) is 3.33. The van der Waals surface area contributed by atoms with Crippen molar-refractivity contribution >= 4 is 0 Å². The zero-order valence-corrected chi connectivity index (χ0v) is 9.66. The van der Waals surface area contributed by atoms with Gasteiger partial charge >= 0.3 is 0 Å². The monoisotopic (exact) mass is 215 g/mol. The Bertz CT molecular complexity index is 397. The van der Waals surface area contributed by atoms with Crippen LogP contribution in [-0.2, 0) is 0 Å². The summed E-state index contributed by atoms with van der Waals surface area (Å²) in [6.07, 6.45) is 3.65. The van der Waals surface area contributed by atoms with Crippen LogP contribution in [0.1, 0.15) is 11.1 Å². The van der Waals surface area contributed by atoms with E-state index in [0.717, 1.165) is 43.9 Å². The predicted molar refractivity (Wildman–Crippen MR) is 65.2 cm³/mol. The van der Waals surface area contributed by atoms with E-state index in [0.29, 0.717) is 0 Å². The van der Waals surface area contributed by atoms with E-state index in [2.05, 4.69) is 27.0 Å². The van der Waals surface area contributed by atoms with Crippen LogP contribution in [0.15, 0.2) is 18.5 Å². The normalized spacial score (nSPS) is 16.6. The van der Waals surface area contributed by atoms with Gasteiger partial charge in [-0.3, -0.25) is 9.88 Å². The molecule has 0 saturated carbocycles. The SMILES string of the molecule is Cc1cnccc1C#CCN1CCNCC1. The first-order valence-corrected chi connectivity index (χ1v) is 5.69. The molecule has 1 N–H and O–H groups in total. The molecule has 84 valence electrons. The molecule has 3 heteroatoms. The van der Waals surface area contributed by atoms with Crippen LogP contribution < -0.4 is 5.32 Å². The number of pyridine rings is 1. The molecular weight excluding hydrogens is 198 g/mol. The van der Waals surface area contributed by atoms with Gasteiger partial charge in [-0.15, -0.1) is 0 Å². The van der Waals surface area contributed by atoms with Crippen LogP contribution in [-0.4, -0.2) is 42.6 Å². The van der Waals surface area contributed by atoms with Crippen molar-refractivity contribution in [1.29, 1.82) is 0 Å². The van der Waals surface area contributed by atoms with E-state index in [-0.39, 0.29) is 0 Å². The van der Waals surface area contributed by atoms with E-state index in [1.54, 1.807) is 6.20 Å². The summed E-state index contributed by atoms with van der Waals surface area (Å²) in [6, 6.07) is 1.97. The fraction of sp³-hybridized carbons (Fsp3) is 0.462. The first-order chi connectivity index (χ1) is 7.86. The van der Waals surface area contributed by atoms with Crippen molar-refractivity contribution in [3.05, 3.63) is 29.6 Å². The zero-order valence-electron chi connectivity index (χ0n) is 9.66. The number of rotatable bonds is 1. The molecule has 2 rings (SSSR count). The van der Waals surface area contributed by atoms with Crippen LogP contribution in [0.5, 0.6) is 0 Å². The molecule has 2 heterocycles. The van der Waals surface area contributed by atoms with Gasteiger partial charge in [0, 0.05) is 44.1 Å². The zero-order chi connectivity index (χ0) is 11.2. The lowest BCUT2D eigenvalue weighted by Gasteiger charge is -2.24. The van der Waals surface area contributed by atoms with Crippen LogP contribution >= 0.6 is 0 Å². The number of nitrogens with one attached hydrogen (secondary N) is 1. The Morgan fingerprint density at radius 1 is 1.44 bits per heavy atom. The van der Waals surface area contributed by atoms with Crippen molar-refractivity contribution in [1.82, 2.24) is 15.2 Å². The van der Waals surface area contributed by atoms with Crippen molar-refractivity contribution in [2.75, 3.05) is 32.7 Å². The van der Waals surface area contributed by atoms with Gasteiger partial charge in [-0.2, -0.15) is 0 Å². The summed E-state index contributed by atoms with van der Waals surface area (Å²) in [5.41, 5.74) is 2.24. The van der Waals surface area contributed by atoms with Crippen LogP contribution in [0.3, 0.4) is 0 Å². The van der Waals surface area contributed by atoms with Gasteiger partial charge in [-0.25, -0.2) is 0 Å². The highest BCUT2D eigenvalue weighted by Gasteiger charge is 2.06. The van der Waals surface area contributed by atoms with Crippen molar-refractivity contribution in [3.8, 4) is 11.8 Å². The Hall–Kier alpha value is -1.37. The van der Waals surface area contributed by atoms with Gasteiger partial charge in [0.2, 0.25) is 0 Å². The van der Waals surface area contributed by atoms with Crippen molar-refractivity contribution < 1.29 is 0 Å². The van der Waals surface area contributed by atoms with Gasteiger partial charge in [-0.05, 0) is 18.6 Å². The van der Waals surface area contributed by atoms with Gasteiger partial charge in [0.25, 0.3) is 0 Å². The number of piperazine rings is 1. The first kappa shape index (κ1) is 11.1. The molecule has 0 unspecified atom stereocenters. The maximum Gasteiger partial charge on any atom is 0.0606 e. The number of nitrogens with zero attached hydrogens (tertiary/aromatic N) is 2. The lowest BCUT2D eigenvalue weighted by Crippen LogP contribution is -2.43. The summed E-state index contributed by atoms with van der Waals surface area (Å²) < 4.78 is 0. The Morgan fingerprint density at radius 3 is 3.00 bits per heavy atom. The summed E-state index contributed by atoms with van der Waals surface area (Å²) in [4.78, 5) is 6.43. The Balaban J connectivity index is 1.92. The van der Waals surface area contributed by atoms with Crippen LogP contribution in [0, 0.1) is 18.8 Å². The lowest BCUT2D eigenvalue weighted by molar-refractivity contribution is 0.268. The molecule has 1 aliphatic heterocycles. The second-order valence-corrected chi connectivity index (χ2v) is 4.02. The fourth-order valence-electron chi connectivity index (χ4n) is 1.73. The highest BCUT2D eigenvalue weighted by Crippen LogP contribution is 2.02. The van der Waals surface area contributed by atoms with E-state index in [9.17, 15) is 0 Å². The van der Waals surface area contributed by atoms with Gasteiger partial charge in [0.1, 0.15) is 0 Å². The minimum Gasteiger partial charge on any atom is -0.314 e. The third-order valence-corrected chi connectivity index (χ3v) is 2.76. The summed E-state index contributed by atoms with van der Waals surface area (Å²) in [5.74, 6) is 6.44. The molecule has 3 nitrogen and oxygen atoms in total. The first-order valence-electron chi connectivity index (χ1n) is 5.69. The Labute approximate surface area is 96.9 Å². The minimum atomic E-state index is 0.865. The van der Waals surface area contributed by atoms with Gasteiger partial charge < -0.3 is 5.32 Å². The van der Waals surface area contributed by atoms with Crippen LogP contribution in [0.4, 0.5) is 0 Å². The topological polar surface area (TPSA) is 28.2 Å². The van der Waals surface area contributed by atoms with E-state index in [1.165, 1.54) is 0 Å². The maximum atomic E-state index is 4.06. The second-order valence-electron chi connectivity index (χ2n) is 4.02. The molecule has 0 aromatic carbocycles. The average Bonchev–Trinajstić information content (AvgIpc) is 2.33. The third kappa shape index (κ3) is 3.06. The number of hydrogen-bond donors (Lipinski definition) is 1. The van der Waals surface area contributed by atoms with E-state index in [4.69, 9.17) is 0 Å². The molecule has 0 bridgehead atoms. The van der Waals surface area contributed by atoms with Crippen molar-refractivity contribution in [3.63, 3.8) is 0 Å². The molecule has 0 amide bonds. The van der Waals surface area contributed by atoms with Crippen LogP contribution in [0.25, 0.3) is 0 Å². The smallest absolute Gasteiger partial charge is 0.0606 e. The largest absolute Gasteiger partial charge is 0.314 e. The quantitative estimate of drug-likeness (QED) is 0.697. The number of aromatic nitrogens is 1. The third-order valence-electron chi connectivity index (χ3n) is 2.76. The fourth-order valence-corrected chi connectivity index (χ4v) is 1.73. The maximum absolute atomic E-state index is 4.06. The molecule has 0 atom stereocenters. The Kier molecular flexibility index (Phi) is 3.92. The summed E-state index contributed by atoms with van der Waals surface area (Å²) in [7, 11) is 0. The van der Waals surface area contributed by atoms with Crippen molar-refractivity contribution in [2.45, 2.75) is 6.92 Å². The van der Waals surface area contributed by atoms with Gasteiger partial charge in [-0.1, -0.05) is 11.8 Å². The summed E-state index contributed by atoms with van der Waals surface area (Å²) >= 11 is 0. The molecule has 0 aliphatic carbocycles. The molecule has 0 radical (unpaired) electrons. The van der Waals surface area contributed by atoms with E-state index < -0.39 is 0 Å². The second kappa shape index (κ2) is 5.64. The lowest BCUT2D eigenvalue weighted by atomic mass is 10.2. The molecule has 1 fully saturated rings.